The number of halogens is 1. The molecule has 0 atom stereocenters. The molecule has 1 aromatic rings. The second-order valence-corrected chi connectivity index (χ2v) is 5.81. The number of hydrogen-bond acceptors (Lipinski definition) is 2. The van der Waals surface area contributed by atoms with E-state index in [4.69, 9.17) is 0 Å². The predicted octanol–water partition coefficient (Wildman–Crippen LogP) is 3.29. The van der Waals surface area contributed by atoms with Crippen molar-refractivity contribution in [2.24, 2.45) is 0 Å². The minimum Gasteiger partial charge on any atom is -0.317 e. The Morgan fingerprint density at radius 3 is 2.79 bits per heavy atom. The SMILES string of the molecule is Brc1cccc(SC2CCNCC2)c1. The Bertz CT molecular complexity index is 297. The number of rotatable bonds is 2. The van der Waals surface area contributed by atoms with Crippen molar-refractivity contribution in [3.63, 3.8) is 0 Å². The monoisotopic (exact) mass is 271 g/mol. The van der Waals surface area contributed by atoms with Gasteiger partial charge in [0.15, 0.2) is 0 Å². The molecule has 0 aromatic heterocycles. The van der Waals surface area contributed by atoms with E-state index in [2.05, 4.69) is 45.5 Å². The van der Waals surface area contributed by atoms with Gasteiger partial charge in [0.25, 0.3) is 0 Å². The summed E-state index contributed by atoms with van der Waals surface area (Å²) >= 11 is 5.51. The average Bonchev–Trinajstić information content (AvgIpc) is 2.19. The van der Waals surface area contributed by atoms with Crippen molar-refractivity contribution in [1.29, 1.82) is 0 Å². The summed E-state index contributed by atoms with van der Waals surface area (Å²) in [6.45, 7) is 2.34. The van der Waals surface area contributed by atoms with E-state index in [1.54, 1.807) is 0 Å². The van der Waals surface area contributed by atoms with Gasteiger partial charge in [-0.05, 0) is 44.1 Å². The van der Waals surface area contributed by atoms with Crippen molar-refractivity contribution in [2.45, 2.75) is 23.0 Å². The van der Waals surface area contributed by atoms with Crippen LogP contribution < -0.4 is 5.32 Å². The molecule has 0 saturated carbocycles. The molecule has 1 nitrogen and oxygen atoms in total. The van der Waals surface area contributed by atoms with E-state index in [1.807, 2.05) is 11.8 Å². The highest BCUT2D eigenvalue weighted by Crippen LogP contribution is 2.30. The molecule has 76 valence electrons. The second-order valence-electron chi connectivity index (χ2n) is 3.52. The highest BCUT2D eigenvalue weighted by molar-refractivity contribution is 9.10. The van der Waals surface area contributed by atoms with E-state index < -0.39 is 0 Å². The van der Waals surface area contributed by atoms with Crippen LogP contribution in [0.2, 0.25) is 0 Å². The normalized spacial score (nSPS) is 18.4. The fraction of sp³-hybridized carbons (Fsp3) is 0.455. The first-order chi connectivity index (χ1) is 6.84. The summed E-state index contributed by atoms with van der Waals surface area (Å²) < 4.78 is 1.18. The van der Waals surface area contributed by atoms with Crippen LogP contribution in [0.4, 0.5) is 0 Å². The van der Waals surface area contributed by atoms with E-state index in [-0.39, 0.29) is 0 Å². The summed E-state index contributed by atoms with van der Waals surface area (Å²) in [5.74, 6) is 0. The molecule has 0 radical (unpaired) electrons. The Kier molecular flexibility index (Phi) is 3.90. The highest BCUT2D eigenvalue weighted by Gasteiger charge is 2.13. The molecule has 1 N–H and O–H groups in total. The zero-order chi connectivity index (χ0) is 9.80. The Balaban J connectivity index is 1.95. The fourth-order valence-electron chi connectivity index (χ4n) is 1.65. The first-order valence-electron chi connectivity index (χ1n) is 4.97. The maximum atomic E-state index is 3.50. The van der Waals surface area contributed by atoms with Crippen molar-refractivity contribution >= 4 is 27.7 Å². The van der Waals surface area contributed by atoms with Crippen LogP contribution in [-0.4, -0.2) is 18.3 Å². The second kappa shape index (κ2) is 5.19. The zero-order valence-corrected chi connectivity index (χ0v) is 10.4. The molecule has 1 fully saturated rings. The molecule has 14 heavy (non-hydrogen) atoms. The minimum atomic E-state index is 0.797. The van der Waals surface area contributed by atoms with Crippen LogP contribution in [0.25, 0.3) is 0 Å². The standard InChI is InChI=1S/C11H14BrNS/c12-9-2-1-3-11(8-9)14-10-4-6-13-7-5-10/h1-3,8,10,13H,4-7H2. The lowest BCUT2D eigenvalue weighted by molar-refractivity contribution is 0.531. The first-order valence-corrected chi connectivity index (χ1v) is 6.65. The van der Waals surface area contributed by atoms with Gasteiger partial charge in [-0.2, -0.15) is 0 Å². The molecule has 1 aromatic carbocycles. The van der Waals surface area contributed by atoms with Crippen molar-refractivity contribution in [2.75, 3.05) is 13.1 Å². The van der Waals surface area contributed by atoms with Gasteiger partial charge in [0, 0.05) is 14.6 Å². The highest BCUT2D eigenvalue weighted by atomic mass is 79.9. The van der Waals surface area contributed by atoms with Crippen LogP contribution in [0, 0.1) is 0 Å². The number of thioether (sulfide) groups is 1. The van der Waals surface area contributed by atoms with Gasteiger partial charge in [-0.15, -0.1) is 11.8 Å². The number of piperidine rings is 1. The van der Waals surface area contributed by atoms with Crippen molar-refractivity contribution in [3.05, 3.63) is 28.7 Å². The Labute approximate surface area is 97.8 Å². The van der Waals surface area contributed by atoms with Gasteiger partial charge in [0.1, 0.15) is 0 Å². The van der Waals surface area contributed by atoms with Crippen LogP contribution in [0.15, 0.2) is 33.6 Å². The van der Waals surface area contributed by atoms with Gasteiger partial charge < -0.3 is 5.32 Å². The van der Waals surface area contributed by atoms with Crippen LogP contribution >= 0.6 is 27.7 Å². The molecule has 0 unspecified atom stereocenters. The Morgan fingerprint density at radius 1 is 1.29 bits per heavy atom. The summed E-state index contributed by atoms with van der Waals surface area (Å²) in [4.78, 5) is 1.38. The molecule has 0 aliphatic carbocycles. The lowest BCUT2D eigenvalue weighted by Crippen LogP contribution is -2.29. The molecule has 1 saturated heterocycles. The first kappa shape index (κ1) is 10.5. The van der Waals surface area contributed by atoms with Crippen LogP contribution in [0.5, 0.6) is 0 Å². The van der Waals surface area contributed by atoms with Gasteiger partial charge >= 0.3 is 0 Å². The largest absolute Gasteiger partial charge is 0.317 e. The summed E-state index contributed by atoms with van der Waals surface area (Å²) in [6.07, 6.45) is 2.58. The molecule has 1 aliphatic heterocycles. The van der Waals surface area contributed by atoms with Gasteiger partial charge in [0.2, 0.25) is 0 Å². The van der Waals surface area contributed by atoms with E-state index in [9.17, 15) is 0 Å². The molecule has 3 heteroatoms. The molecular weight excluding hydrogens is 258 g/mol. The Hall–Kier alpha value is 0.01000. The number of benzene rings is 1. The quantitative estimate of drug-likeness (QED) is 0.886. The molecule has 1 heterocycles. The molecule has 0 bridgehead atoms. The summed E-state index contributed by atoms with van der Waals surface area (Å²) in [5.41, 5.74) is 0. The molecule has 0 spiro atoms. The third kappa shape index (κ3) is 3.01. The van der Waals surface area contributed by atoms with Crippen molar-refractivity contribution < 1.29 is 0 Å². The Morgan fingerprint density at radius 2 is 2.07 bits per heavy atom. The van der Waals surface area contributed by atoms with Gasteiger partial charge in [0.05, 0.1) is 0 Å². The van der Waals surface area contributed by atoms with E-state index in [0.717, 1.165) is 5.25 Å². The average molecular weight is 272 g/mol. The van der Waals surface area contributed by atoms with Crippen LogP contribution in [-0.2, 0) is 0 Å². The zero-order valence-electron chi connectivity index (χ0n) is 8.00. The summed E-state index contributed by atoms with van der Waals surface area (Å²) in [6, 6.07) is 8.57. The minimum absolute atomic E-state index is 0.797. The molecular formula is C11H14BrNS. The lowest BCUT2D eigenvalue weighted by Gasteiger charge is -2.21. The maximum Gasteiger partial charge on any atom is 0.0186 e. The number of nitrogens with one attached hydrogen (secondary N) is 1. The van der Waals surface area contributed by atoms with Crippen LogP contribution in [0.3, 0.4) is 0 Å². The smallest absolute Gasteiger partial charge is 0.0186 e. The van der Waals surface area contributed by atoms with Gasteiger partial charge in [-0.25, -0.2) is 0 Å². The third-order valence-corrected chi connectivity index (χ3v) is 4.21. The van der Waals surface area contributed by atoms with E-state index in [1.165, 1.54) is 35.3 Å². The van der Waals surface area contributed by atoms with Gasteiger partial charge in [-0.3, -0.25) is 0 Å². The predicted molar refractivity (Wildman–Crippen MR) is 65.9 cm³/mol. The van der Waals surface area contributed by atoms with Gasteiger partial charge in [-0.1, -0.05) is 22.0 Å². The third-order valence-electron chi connectivity index (χ3n) is 2.39. The molecule has 1 aliphatic rings. The fourth-order valence-corrected chi connectivity index (χ4v) is 3.41. The topological polar surface area (TPSA) is 12.0 Å². The van der Waals surface area contributed by atoms with E-state index >= 15 is 0 Å². The maximum absolute atomic E-state index is 3.50. The van der Waals surface area contributed by atoms with E-state index in [0.29, 0.717) is 0 Å². The summed E-state index contributed by atoms with van der Waals surface area (Å²) in [5, 5.41) is 4.19. The lowest BCUT2D eigenvalue weighted by atomic mass is 10.2. The van der Waals surface area contributed by atoms with Crippen molar-refractivity contribution in [3.8, 4) is 0 Å². The molecule has 0 amide bonds. The van der Waals surface area contributed by atoms with Crippen LogP contribution in [0.1, 0.15) is 12.8 Å². The van der Waals surface area contributed by atoms with Crippen molar-refractivity contribution in [1.82, 2.24) is 5.32 Å². The summed E-state index contributed by atoms with van der Waals surface area (Å²) in [7, 11) is 0. The molecule has 2 rings (SSSR count). The number of hydrogen-bond donors (Lipinski definition) is 1.